The van der Waals surface area contributed by atoms with Crippen LogP contribution in [0.25, 0.3) is 0 Å². The van der Waals surface area contributed by atoms with Crippen LogP contribution in [0.1, 0.15) is 48.2 Å². The SMILES string of the molecule is CC(C)(O)C(F)(F)C(=O)NCc1ccc2c(c1)CN(C1CCC(=O)NC1=O)C2=O. The normalized spacial score (nSPS) is 19.8. The highest BCUT2D eigenvalue weighted by molar-refractivity contribution is 6.05. The summed E-state index contributed by atoms with van der Waals surface area (Å²) in [4.78, 5) is 49.1. The molecule has 0 bridgehead atoms. The van der Waals surface area contributed by atoms with Gasteiger partial charge < -0.3 is 15.3 Å². The van der Waals surface area contributed by atoms with Crippen LogP contribution in [0, 0.1) is 0 Å². The summed E-state index contributed by atoms with van der Waals surface area (Å²) >= 11 is 0. The number of hydrogen-bond acceptors (Lipinski definition) is 5. The maximum atomic E-state index is 13.8. The number of imide groups is 1. The first-order valence-electron chi connectivity index (χ1n) is 9.07. The second-order valence-electron chi connectivity index (χ2n) is 7.71. The topological polar surface area (TPSA) is 116 Å². The van der Waals surface area contributed by atoms with Gasteiger partial charge in [-0.05, 0) is 37.5 Å². The van der Waals surface area contributed by atoms with Gasteiger partial charge in [-0.15, -0.1) is 0 Å². The van der Waals surface area contributed by atoms with Crippen molar-refractivity contribution < 1.29 is 33.1 Å². The number of hydrogen-bond donors (Lipinski definition) is 3. The van der Waals surface area contributed by atoms with Gasteiger partial charge in [-0.1, -0.05) is 12.1 Å². The van der Waals surface area contributed by atoms with Gasteiger partial charge in [0.15, 0.2) is 0 Å². The molecule has 2 aliphatic rings. The number of nitrogens with zero attached hydrogens (tertiary/aromatic N) is 1. The largest absolute Gasteiger partial charge is 0.384 e. The summed E-state index contributed by atoms with van der Waals surface area (Å²) in [6.07, 6.45) is 0.378. The minimum Gasteiger partial charge on any atom is -0.384 e. The monoisotopic (exact) mass is 409 g/mol. The Balaban J connectivity index is 1.69. The van der Waals surface area contributed by atoms with Crippen molar-refractivity contribution in [1.29, 1.82) is 0 Å². The van der Waals surface area contributed by atoms with Crippen molar-refractivity contribution in [3.05, 3.63) is 34.9 Å². The third-order valence-corrected chi connectivity index (χ3v) is 5.09. The van der Waals surface area contributed by atoms with Crippen molar-refractivity contribution in [1.82, 2.24) is 15.5 Å². The summed E-state index contributed by atoms with van der Waals surface area (Å²) in [5.74, 6) is -6.83. The van der Waals surface area contributed by atoms with Crippen LogP contribution >= 0.6 is 0 Å². The molecule has 2 heterocycles. The van der Waals surface area contributed by atoms with Crippen molar-refractivity contribution in [2.24, 2.45) is 0 Å². The van der Waals surface area contributed by atoms with E-state index in [1.54, 1.807) is 6.07 Å². The standard InChI is InChI=1S/C19H21F2N3O5/c1-18(2,29)19(20,21)17(28)22-8-10-3-4-12-11(7-10)9-24(16(12)27)13-5-6-14(25)23-15(13)26/h3-4,7,13,29H,5-6,8-9H2,1-2H3,(H,22,28)(H,23,25,26). The Morgan fingerprint density at radius 2 is 2.00 bits per heavy atom. The van der Waals surface area contributed by atoms with E-state index in [2.05, 4.69) is 10.6 Å². The van der Waals surface area contributed by atoms with Crippen LogP contribution in [0.5, 0.6) is 0 Å². The fraction of sp³-hybridized carbons (Fsp3) is 0.474. The summed E-state index contributed by atoms with van der Waals surface area (Å²) in [7, 11) is 0. The van der Waals surface area contributed by atoms with Crippen LogP contribution in [0.3, 0.4) is 0 Å². The van der Waals surface area contributed by atoms with Crippen molar-refractivity contribution in [2.45, 2.75) is 57.3 Å². The maximum absolute atomic E-state index is 13.8. The number of rotatable bonds is 5. The molecule has 8 nitrogen and oxygen atoms in total. The highest BCUT2D eigenvalue weighted by atomic mass is 19.3. The molecule has 0 aliphatic carbocycles. The van der Waals surface area contributed by atoms with Crippen LogP contribution < -0.4 is 10.6 Å². The third kappa shape index (κ3) is 3.84. The lowest BCUT2D eigenvalue weighted by Crippen LogP contribution is -2.53. The van der Waals surface area contributed by atoms with Gasteiger partial charge in [0.1, 0.15) is 11.6 Å². The first kappa shape index (κ1) is 20.8. The van der Waals surface area contributed by atoms with Crippen molar-refractivity contribution in [2.75, 3.05) is 0 Å². The number of piperidine rings is 1. The molecular formula is C19H21F2N3O5. The molecule has 3 N–H and O–H groups in total. The fourth-order valence-corrected chi connectivity index (χ4v) is 3.31. The fourth-order valence-electron chi connectivity index (χ4n) is 3.31. The Hall–Kier alpha value is -2.88. The molecule has 1 atom stereocenters. The van der Waals surface area contributed by atoms with E-state index in [4.69, 9.17) is 0 Å². The van der Waals surface area contributed by atoms with Gasteiger partial charge >= 0.3 is 5.92 Å². The molecule has 29 heavy (non-hydrogen) atoms. The molecule has 156 valence electrons. The van der Waals surface area contributed by atoms with Crippen LogP contribution in [-0.2, 0) is 27.5 Å². The van der Waals surface area contributed by atoms with Gasteiger partial charge in [-0.2, -0.15) is 8.78 Å². The number of benzene rings is 1. The van der Waals surface area contributed by atoms with Gasteiger partial charge in [0.05, 0.1) is 0 Å². The highest BCUT2D eigenvalue weighted by Crippen LogP contribution is 2.30. The molecule has 1 aromatic rings. The summed E-state index contributed by atoms with van der Waals surface area (Å²) in [5, 5.41) is 13.8. The van der Waals surface area contributed by atoms with E-state index in [1.807, 2.05) is 0 Å². The first-order valence-corrected chi connectivity index (χ1v) is 9.07. The smallest absolute Gasteiger partial charge is 0.351 e. The van der Waals surface area contributed by atoms with Crippen molar-refractivity contribution >= 4 is 23.6 Å². The molecule has 1 fully saturated rings. The summed E-state index contributed by atoms with van der Waals surface area (Å²) in [6.45, 7) is 1.61. The molecule has 2 aliphatic heterocycles. The molecule has 1 aromatic carbocycles. The van der Waals surface area contributed by atoms with Gasteiger partial charge in [0.25, 0.3) is 11.8 Å². The van der Waals surface area contributed by atoms with E-state index in [-0.39, 0.29) is 37.7 Å². The van der Waals surface area contributed by atoms with Gasteiger partial charge in [-0.3, -0.25) is 24.5 Å². The highest BCUT2D eigenvalue weighted by Gasteiger charge is 2.52. The number of halogens is 2. The summed E-state index contributed by atoms with van der Waals surface area (Å²) in [5.41, 5.74) is -1.04. The van der Waals surface area contributed by atoms with Gasteiger partial charge in [-0.25, -0.2) is 0 Å². The molecule has 0 saturated carbocycles. The number of nitrogens with one attached hydrogen (secondary N) is 2. The first-order chi connectivity index (χ1) is 13.4. The molecule has 10 heteroatoms. The second kappa shape index (κ2) is 7.18. The molecular weight excluding hydrogens is 388 g/mol. The lowest BCUT2D eigenvalue weighted by Gasteiger charge is -2.29. The average Bonchev–Trinajstić information content (AvgIpc) is 2.94. The molecule has 4 amide bonds. The van der Waals surface area contributed by atoms with Crippen LogP contribution in [0.4, 0.5) is 8.78 Å². The zero-order valence-corrected chi connectivity index (χ0v) is 15.9. The predicted molar refractivity (Wildman–Crippen MR) is 95.6 cm³/mol. The number of amides is 4. The number of alkyl halides is 2. The lowest BCUT2D eigenvalue weighted by atomic mass is 10.00. The van der Waals surface area contributed by atoms with E-state index in [0.29, 0.717) is 16.7 Å². The summed E-state index contributed by atoms with van der Waals surface area (Å²) in [6, 6.07) is 3.88. The van der Waals surface area contributed by atoms with Crippen molar-refractivity contribution in [3.63, 3.8) is 0 Å². The number of aliphatic hydroxyl groups is 1. The number of carbonyl (C=O) groups excluding carboxylic acids is 4. The predicted octanol–water partition coefficient (Wildman–Crippen LogP) is 0.470. The van der Waals surface area contributed by atoms with E-state index < -0.39 is 29.4 Å². The van der Waals surface area contributed by atoms with E-state index in [9.17, 15) is 33.1 Å². The second-order valence-corrected chi connectivity index (χ2v) is 7.71. The van der Waals surface area contributed by atoms with Gasteiger partial charge in [0, 0.05) is 25.1 Å². The Bertz CT molecular complexity index is 894. The Morgan fingerprint density at radius 3 is 2.62 bits per heavy atom. The van der Waals surface area contributed by atoms with E-state index >= 15 is 0 Å². The van der Waals surface area contributed by atoms with Crippen LogP contribution in [-0.4, -0.2) is 51.2 Å². The molecule has 0 radical (unpaired) electrons. The minimum absolute atomic E-state index is 0.141. The zero-order valence-electron chi connectivity index (χ0n) is 15.9. The molecule has 1 unspecified atom stereocenters. The molecule has 0 aromatic heterocycles. The molecule has 0 spiro atoms. The number of carbonyl (C=O) groups is 4. The quantitative estimate of drug-likeness (QED) is 0.612. The van der Waals surface area contributed by atoms with Crippen LogP contribution in [0.15, 0.2) is 18.2 Å². The number of fused-ring (bicyclic) bond motifs is 1. The van der Waals surface area contributed by atoms with Crippen LogP contribution in [0.2, 0.25) is 0 Å². The Kier molecular flexibility index (Phi) is 5.16. The lowest BCUT2D eigenvalue weighted by molar-refractivity contribution is -0.182. The summed E-state index contributed by atoms with van der Waals surface area (Å²) < 4.78 is 27.7. The maximum Gasteiger partial charge on any atom is 0.351 e. The Labute approximate surface area is 165 Å². The van der Waals surface area contributed by atoms with Crippen molar-refractivity contribution in [3.8, 4) is 0 Å². The molecule has 3 rings (SSSR count). The van der Waals surface area contributed by atoms with E-state index in [1.165, 1.54) is 17.0 Å². The van der Waals surface area contributed by atoms with E-state index in [0.717, 1.165) is 13.8 Å². The zero-order chi connectivity index (χ0) is 21.6. The average molecular weight is 409 g/mol. The Morgan fingerprint density at radius 1 is 1.31 bits per heavy atom. The minimum atomic E-state index is -3.97. The molecule has 1 saturated heterocycles. The third-order valence-electron chi connectivity index (χ3n) is 5.09. The van der Waals surface area contributed by atoms with Gasteiger partial charge in [0.2, 0.25) is 11.8 Å².